The average molecular weight is 455 g/mol. The molecule has 5 rings (SSSR count). The van der Waals surface area contributed by atoms with Gasteiger partial charge in [0.05, 0.1) is 11.4 Å². The van der Waals surface area contributed by atoms with Crippen molar-refractivity contribution in [1.82, 2.24) is 4.90 Å². The zero-order chi connectivity index (χ0) is 22.9. The quantitative estimate of drug-likeness (QED) is 0.602. The summed E-state index contributed by atoms with van der Waals surface area (Å²) >= 11 is 1.24. The van der Waals surface area contributed by atoms with E-state index in [4.69, 9.17) is 9.98 Å². The Labute approximate surface area is 196 Å². The van der Waals surface area contributed by atoms with Crippen molar-refractivity contribution in [3.8, 4) is 0 Å². The molecule has 2 aliphatic rings. The van der Waals surface area contributed by atoms with Crippen LogP contribution in [0.4, 0.5) is 11.4 Å². The van der Waals surface area contributed by atoms with Crippen molar-refractivity contribution in [2.45, 2.75) is 19.9 Å². The molecular weight excluding hydrogens is 432 g/mol. The minimum atomic E-state index is -0.623. The third-order valence-corrected chi connectivity index (χ3v) is 6.65. The molecule has 33 heavy (non-hydrogen) atoms. The molecule has 1 N–H and O–H groups in total. The number of aliphatic imine (C=N–C) groups is 2. The Morgan fingerprint density at radius 3 is 2.55 bits per heavy atom. The molecule has 2 amide bonds. The Kier molecular flexibility index (Phi) is 5.56. The van der Waals surface area contributed by atoms with Gasteiger partial charge in [0, 0.05) is 11.3 Å². The molecule has 1 atom stereocenters. The van der Waals surface area contributed by atoms with Gasteiger partial charge in [-0.1, -0.05) is 60.3 Å². The van der Waals surface area contributed by atoms with Gasteiger partial charge in [0.15, 0.2) is 11.2 Å². The standard InChI is InChI=1S/C26H22N4O2S/c1-16-12-13-19(14-17(16)2)27-22(31)15-33-26-28-21-11-7-6-10-20(21)24-29-23(25(32)30(24)26)18-8-4-3-5-9-18/h3-14,23H,15H2,1-2H3,(H,27,31)/t23-/m1/s1. The van der Waals surface area contributed by atoms with E-state index in [0.717, 1.165) is 28.1 Å². The molecule has 0 aromatic heterocycles. The van der Waals surface area contributed by atoms with Crippen molar-refractivity contribution in [1.29, 1.82) is 0 Å². The highest BCUT2D eigenvalue weighted by Gasteiger charge is 2.42. The maximum Gasteiger partial charge on any atom is 0.263 e. The van der Waals surface area contributed by atoms with Gasteiger partial charge in [-0.05, 0) is 54.8 Å². The summed E-state index contributed by atoms with van der Waals surface area (Å²) in [5.41, 5.74) is 5.43. The predicted octanol–water partition coefficient (Wildman–Crippen LogP) is 5.01. The van der Waals surface area contributed by atoms with Crippen LogP contribution in [0.1, 0.15) is 28.3 Å². The molecule has 0 saturated heterocycles. The van der Waals surface area contributed by atoms with Crippen molar-refractivity contribution < 1.29 is 9.59 Å². The van der Waals surface area contributed by atoms with E-state index in [9.17, 15) is 9.59 Å². The molecule has 0 unspecified atom stereocenters. The van der Waals surface area contributed by atoms with Gasteiger partial charge in [-0.15, -0.1) is 0 Å². The van der Waals surface area contributed by atoms with Crippen LogP contribution >= 0.6 is 11.8 Å². The van der Waals surface area contributed by atoms with Gasteiger partial charge in [0.2, 0.25) is 5.91 Å². The molecule has 6 nitrogen and oxygen atoms in total. The van der Waals surface area contributed by atoms with Gasteiger partial charge in [0.25, 0.3) is 5.91 Å². The Hall–Kier alpha value is -3.71. The molecule has 0 spiro atoms. The number of nitrogens with zero attached hydrogens (tertiary/aromatic N) is 3. The molecule has 164 valence electrons. The van der Waals surface area contributed by atoms with Crippen LogP contribution in [0.3, 0.4) is 0 Å². The number of aryl methyl sites for hydroxylation is 2. The molecule has 0 aliphatic carbocycles. The Balaban J connectivity index is 1.39. The van der Waals surface area contributed by atoms with Gasteiger partial charge in [-0.2, -0.15) is 0 Å². The van der Waals surface area contributed by atoms with Crippen LogP contribution in [0.5, 0.6) is 0 Å². The van der Waals surface area contributed by atoms with E-state index in [0.29, 0.717) is 11.0 Å². The fourth-order valence-corrected chi connectivity index (χ4v) is 4.65. The monoisotopic (exact) mass is 454 g/mol. The number of hydrogen-bond acceptors (Lipinski definition) is 5. The first kappa shape index (κ1) is 21.2. The van der Waals surface area contributed by atoms with Gasteiger partial charge in [-0.3, -0.25) is 9.59 Å². The third-order valence-electron chi connectivity index (χ3n) is 5.71. The average Bonchev–Trinajstić information content (AvgIpc) is 3.18. The SMILES string of the molecule is Cc1ccc(NC(=O)CSC2=Nc3ccccc3C3=N[C@H](c4ccccc4)C(=O)N23)cc1C. The largest absolute Gasteiger partial charge is 0.325 e. The molecule has 0 saturated carbocycles. The predicted molar refractivity (Wildman–Crippen MR) is 133 cm³/mol. The molecular formula is C26H22N4O2S. The maximum absolute atomic E-state index is 13.4. The van der Waals surface area contributed by atoms with E-state index in [1.165, 1.54) is 17.3 Å². The van der Waals surface area contributed by atoms with Crippen molar-refractivity contribution >= 4 is 46.0 Å². The second kappa shape index (κ2) is 8.67. The van der Waals surface area contributed by atoms with Crippen LogP contribution in [-0.2, 0) is 9.59 Å². The van der Waals surface area contributed by atoms with E-state index in [2.05, 4.69) is 5.32 Å². The lowest BCUT2D eigenvalue weighted by Gasteiger charge is -2.25. The van der Waals surface area contributed by atoms with Gasteiger partial charge < -0.3 is 5.32 Å². The minimum Gasteiger partial charge on any atom is -0.325 e. The van der Waals surface area contributed by atoms with E-state index in [1.54, 1.807) is 4.90 Å². The van der Waals surface area contributed by atoms with Crippen molar-refractivity contribution in [3.05, 3.63) is 95.1 Å². The number of carbonyl (C=O) groups is 2. The van der Waals surface area contributed by atoms with Crippen molar-refractivity contribution in [2.75, 3.05) is 11.1 Å². The number of fused-ring (bicyclic) bond motifs is 3. The fourth-order valence-electron chi connectivity index (χ4n) is 3.85. The van der Waals surface area contributed by atoms with E-state index < -0.39 is 6.04 Å². The zero-order valence-electron chi connectivity index (χ0n) is 18.3. The molecule has 0 radical (unpaired) electrons. The number of carbonyl (C=O) groups excluding carboxylic acids is 2. The smallest absolute Gasteiger partial charge is 0.263 e. The Morgan fingerprint density at radius 1 is 1.00 bits per heavy atom. The number of benzene rings is 3. The number of hydrogen-bond donors (Lipinski definition) is 1. The second-order valence-electron chi connectivity index (χ2n) is 7.99. The topological polar surface area (TPSA) is 74.1 Å². The highest BCUT2D eigenvalue weighted by atomic mass is 32.2. The highest BCUT2D eigenvalue weighted by molar-refractivity contribution is 8.14. The third kappa shape index (κ3) is 4.07. The summed E-state index contributed by atoms with van der Waals surface area (Å²) in [5.74, 6) is 0.388. The summed E-state index contributed by atoms with van der Waals surface area (Å²) in [6, 6.07) is 22.3. The summed E-state index contributed by atoms with van der Waals surface area (Å²) in [7, 11) is 0. The van der Waals surface area contributed by atoms with Crippen LogP contribution in [0.2, 0.25) is 0 Å². The summed E-state index contributed by atoms with van der Waals surface area (Å²) in [5, 5.41) is 3.39. The lowest BCUT2D eigenvalue weighted by atomic mass is 10.1. The molecule has 0 fully saturated rings. The fraction of sp³-hybridized carbons (Fsp3) is 0.154. The van der Waals surface area contributed by atoms with Crippen molar-refractivity contribution in [2.24, 2.45) is 9.98 Å². The first-order chi connectivity index (χ1) is 16.0. The molecule has 0 bridgehead atoms. The maximum atomic E-state index is 13.4. The molecule has 2 aliphatic heterocycles. The first-order valence-corrected chi connectivity index (χ1v) is 11.6. The van der Waals surface area contributed by atoms with Gasteiger partial charge in [-0.25, -0.2) is 14.9 Å². The first-order valence-electron chi connectivity index (χ1n) is 10.7. The lowest BCUT2D eigenvalue weighted by Crippen LogP contribution is -2.40. The van der Waals surface area contributed by atoms with Crippen molar-refractivity contribution in [3.63, 3.8) is 0 Å². The number of thioether (sulfide) groups is 1. The van der Waals surface area contributed by atoms with Crippen LogP contribution in [0, 0.1) is 13.8 Å². The number of nitrogens with one attached hydrogen (secondary N) is 1. The molecule has 3 aromatic carbocycles. The molecule has 7 heteroatoms. The number of amides is 2. The van der Waals surface area contributed by atoms with E-state index >= 15 is 0 Å². The van der Waals surface area contributed by atoms with E-state index in [1.807, 2.05) is 86.6 Å². The number of rotatable bonds is 4. The Bertz CT molecular complexity index is 1320. The summed E-state index contributed by atoms with van der Waals surface area (Å²) in [4.78, 5) is 37.0. The van der Waals surface area contributed by atoms with E-state index in [-0.39, 0.29) is 17.6 Å². The van der Waals surface area contributed by atoms with Crippen LogP contribution in [-0.4, -0.2) is 33.5 Å². The normalized spacial score (nSPS) is 16.6. The number of amidine groups is 2. The second-order valence-corrected chi connectivity index (χ2v) is 8.93. The zero-order valence-corrected chi connectivity index (χ0v) is 19.1. The lowest BCUT2D eigenvalue weighted by molar-refractivity contribution is -0.124. The number of para-hydroxylation sites is 1. The summed E-state index contributed by atoms with van der Waals surface area (Å²) in [6.07, 6.45) is 0. The van der Waals surface area contributed by atoms with Gasteiger partial charge in [0.1, 0.15) is 5.84 Å². The number of anilines is 1. The van der Waals surface area contributed by atoms with Crippen LogP contribution in [0.25, 0.3) is 0 Å². The van der Waals surface area contributed by atoms with Gasteiger partial charge >= 0.3 is 0 Å². The Morgan fingerprint density at radius 2 is 1.76 bits per heavy atom. The highest BCUT2D eigenvalue weighted by Crippen LogP contribution is 2.37. The van der Waals surface area contributed by atoms with Crippen LogP contribution in [0.15, 0.2) is 82.8 Å². The molecule has 2 heterocycles. The van der Waals surface area contributed by atoms with Crippen LogP contribution < -0.4 is 5.32 Å². The molecule has 3 aromatic rings. The summed E-state index contributed by atoms with van der Waals surface area (Å²) < 4.78 is 0. The summed E-state index contributed by atoms with van der Waals surface area (Å²) in [6.45, 7) is 4.04. The minimum absolute atomic E-state index is 0.126.